The summed E-state index contributed by atoms with van der Waals surface area (Å²) in [6.45, 7) is 0. The lowest BCUT2D eigenvalue weighted by Crippen LogP contribution is -2.05. The van der Waals surface area contributed by atoms with Gasteiger partial charge >= 0.3 is 5.97 Å². The fourth-order valence-corrected chi connectivity index (χ4v) is 2.71. The zero-order chi connectivity index (χ0) is 15.7. The SMILES string of the molecule is O=C1OC(c2ccc(I)cc2)=N/C1=C\c1ccc(Cl)cc1Cl. The Morgan fingerprint density at radius 1 is 1.09 bits per heavy atom. The average Bonchev–Trinajstić information content (AvgIpc) is 2.84. The number of esters is 1. The van der Waals surface area contributed by atoms with Crippen molar-refractivity contribution in [3.8, 4) is 0 Å². The number of hydrogen-bond donors (Lipinski definition) is 0. The highest BCUT2D eigenvalue weighted by Gasteiger charge is 2.24. The van der Waals surface area contributed by atoms with Crippen molar-refractivity contribution in [1.29, 1.82) is 0 Å². The standard InChI is InChI=1S/C16H8Cl2INO2/c17-11-4-1-10(13(18)8-11)7-14-16(21)22-15(20-14)9-2-5-12(19)6-3-9/h1-8H/b14-7-. The van der Waals surface area contributed by atoms with Gasteiger partial charge in [0, 0.05) is 19.2 Å². The molecule has 1 heterocycles. The van der Waals surface area contributed by atoms with Gasteiger partial charge in [0.15, 0.2) is 5.70 Å². The topological polar surface area (TPSA) is 38.7 Å². The summed E-state index contributed by atoms with van der Waals surface area (Å²) in [5.74, 6) is -0.211. The summed E-state index contributed by atoms with van der Waals surface area (Å²) in [5, 5.41) is 0.981. The molecule has 0 bridgehead atoms. The fourth-order valence-electron chi connectivity index (χ4n) is 1.89. The van der Waals surface area contributed by atoms with Crippen LogP contribution in [0, 0.1) is 3.57 Å². The first-order valence-electron chi connectivity index (χ1n) is 6.26. The highest BCUT2D eigenvalue weighted by atomic mass is 127. The largest absolute Gasteiger partial charge is 0.402 e. The molecule has 110 valence electrons. The van der Waals surface area contributed by atoms with Crippen molar-refractivity contribution in [2.45, 2.75) is 0 Å². The van der Waals surface area contributed by atoms with Gasteiger partial charge in [-0.2, -0.15) is 0 Å². The van der Waals surface area contributed by atoms with Gasteiger partial charge in [-0.3, -0.25) is 0 Å². The summed E-state index contributed by atoms with van der Waals surface area (Å²) >= 11 is 14.2. The molecule has 0 amide bonds. The number of cyclic esters (lactones) is 1. The van der Waals surface area contributed by atoms with Crippen LogP contribution in [0.15, 0.2) is 53.2 Å². The highest BCUT2D eigenvalue weighted by molar-refractivity contribution is 14.1. The van der Waals surface area contributed by atoms with Crippen LogP contribution in [0.2, 0.25) is 10.0 Å². The third-order valence-corrected chi connectivity index (χ3v) is 4.25. The van der Waals surface area contributed by atoms with Crippen LogP contribution < -0.4 is 0 Å². The smallest absolute Gasteiger partial charge is 0.363 e. The molecular weight excluding hydrogens is 436 g/mol. The molecule has 1 aliphatic rings. The minimum Gasteiger partial charge on any atom is -0.402 e. The third kappa shape index (κ3) is 3.34. The summed E-state index contributed by atoms with van der Waals surface area (Å²) in [6.07, 6.45) is 1.58. The summed E-state index contributed by atoms with van der Waals surface area (Å²) in [5.41, 5.74) is 1.61. The second-order valence-corrected chi connectivity index (χ2v) is 6.60. The normalized spacial score (nSPS) is 15.9. The van der Waals surface area contributed by atoms with E-state index in [9.17, 15) is 4.79 Å². The first kappa shape index (κ1) is 15.5. The van der Waals surface area contributed by atoms with E-state index >= 15 is 0 Å². The molecule has 0 fully saturated rings. The van der Waals surface area contributed by atoms with Crippen molar-refractivity contribution in [2.24, 2.45) is 4.99 Å². The predicted octanol–water partition coefficient (Wildman–Crippen LogP) is 4.94. The number of carbonyl (C=O) groups is 1. The molecule has 2 aromatic carbocycles. The summed E-state index contributed by atoms with van der Waals surface area (Å²) in [6, 6.07) is 12.6. The number of aliphatic imine (C=N–C) groups is 1. The predicted molar refractivity (Wildman–Crippen MR) is 96.2 cm³/mol. The van der Waals surface area contributed by atoms with Crippen molar-refractivity contribution in [3.05, 3.63) is 72.9 Å². The highest BCUT2D eigenvalue weighted by Crippen LogP contribution is 2.25. The number of hydrogen-bond acceptors (Lipinski definition) is 3. The molecule has 0 spiro atoms. The Hall–Kier alpha value is -1.37. The molecule has 6 heteroatoms. The Morgan fingerprint density at radius 3 is 2.50 bits per heavy atom. The van der Waals surface area contributed by atoms with Gasteiger partial charge in [0.1, 0.15) is 0 Å². The van der Waals surface area contributed by atoms with E-state index in [-0.39, 0.29) is 11.6 Å². The number of ether oxygens (including phenoxy) is 1. The number of nitrogens with zero attached hydrogens (tertiary/aromatic N) is 1. The molecule has 2 aromatic rings. The molecule has 1 aliphatic heterocycles. The lowest BCUT2D eigenvalue weighted by atomic mass is 10.2. The average molecular weight is 444 g/mol. The van der Waals surface area contributed by atoms with Gasteiger partial charge in [-0.25, -0.2) is 9.79 Å². The number of halogens is 3. The van der Waals surface area contributed by atoms with Gasteiger partial charge < -0.3 is 4.74 Å². The molecule has 3 nitrogen and oxygen atoms in total. The summed E-state index contributed by atoms with van der Waals surface area (Å²) in [4.78, 5) is 16.2. The summed E-state index contributed by atoms with van der Waals surface area (Å²) in [7, 11) is 0. The quantitative estimate of drug-likeness (QED) is 0.374. The van der Waals surface area contributed by atoms with Crippen LogP contribution in [0.5, 0.6) is 0 Å². The second kappa shape index (κ2) is 6.40. The van der Waals surface area contributed by atoms with Crippen molar-refractivity contribution in [3.63, 3.8) is 0 Å². The molecular formula is C16H8Cl2INO2. The van der Waals surface area contributed by atoms with Gasteiger partial charge in [-0.15, -0.1) is 0 Å². The van der Waals surface area contributed by atoms with Crippen molar-refractivity contribution < 1.29 is 9.53 Å². The minimum absolute atomic E-state index is 0.206. The molecule has 0 saturated heterocycles. The Bertz CT molecular complexity index is 813. The van der Waals surface area contributed by atoms with E-state index in [4.69, 9.17) is 27.9 Å². The van der Waals surface area contributed by atoms with Gasteiger partial charge in [0.05, 0.1) is 0 Å². The molecule has 22 heavy (non-hydrogen) atoms. The molecule has 0 aliphatic carbocycles. The lowest BCUT2D eigenvalue weighted by molar-refractivity contribution is -0.129. The molecule has 0 unspecified atom stereocenters. The minimum atomic E-state index is -0.500. The maximum atomic E-state index is 11.9. The maximum Gasteiger partial charge on any atom is 0.363 e. The Morgan fingerprint density at radius 2 is 1.82 bits per heavy atom. The van der Waals surface area contributed by atoms with Crippen LogP contribution >= 0.6 is 45.8 Å². The van der Waals surface area contributed by atoms with Crippen LogP contribution in [0.4, 0.5) is 0 Å². The molecule has 0 radical (unpaired) electrons. The first-order valence-corrected chi connectivity index (χ1v) is 8.10. The third-order valence-electron chi connectivity index (χ3n) is 2.97. The van der Waals surface area contributed by atoms with Gasteiger partial charge in [0.2, 0.25) is 5.90 Å². The van der Waals surface area contributed by atoms with E-state index in [1.54, 1.807) is 24.3 Å². The van der Waals surface area contributed by atoms with E-state index < -0.39 is 5.97 Å². The van der Waals surface area contributed by atoms with E-state index in [0.717, 1.165) is 9.13 Å². The molecule has 3 rings (SSSR count). The number of carbonyl (C=O) groups excluding carboxylic acids is 1. The van der Waals surface area contributed by atoms with Crippen LogP contribution in [0.3, 0.4) is 0 Å². The van der Waals surface area contributed by atoms with E-state index in [2.05, 4.69) is 27.6 Å². The maximum absolute atomic E-state index is 11.9. The van der Waals surface area contributed by atoms with E-state index in [1.165, 1.54) is 0 Å². The number of rotatable bonds is 2. The molecule has 0 aromatic heterocycles. The van der Waals surface area contributed by atoms with Crippen LogP contribution in [-0.2, 0) is 9.53 Å². The van der Waals surface area contributed by atoms with E-state index in [0.29, 0.717) is 15.6 Å². The first-order chi connectivity index (χ1) is 10.5. The van der Waals surface area contributed by atoms with Crippen molar-refractivity contribution in [2.75, 3.05) is 0 Å². The zero-order valence-electron chi connectivity index (χ0n) is 11.0. The molecule has 0 saturated carbocycles. The molecule has 0 N–H and O–H groups in total. The van der Waals surface area contributed by atoms with Crippen LogP contribution in [0.1, 0.15) is 11.1 Å². The monoisotopic (exact) mass is 443 g/mol. The Kier molecular flexibility index (Phi) is 4.52. The van der Waals surface area contributed by atoms with Crippen LogP contribution in [-0.4, -0.2) is 11.9 Å². The van der Waals surface area contributed by atoms with Crippen molar-refractivity contribution >= 4 is 63.7 Å². The number of benzene rings is 2. The van der Waals surface area contributed by atoms with E-state index in [1.807, 2.05) is 24.3 Å². The Balaban J connectivity index is 1.95. The van der Waals surface area contributed by atoms with Gasteiger partial charge in [-0.1, -0.05) is 29.3 Å². The van der Waals surface area contributed by atoms with Gasteiger partial charge in [0.25, 0.3) is 0 Å². The summed E-state index contributed by atoms with van der Waals surface area (Å²) < 4.78 is 6.30. The second-order valence-electron chi connectivity index (χ2n) is 4.51. The molecule has 0 atom stereocenters. The lowest BCUT2D eigenvalue weighted by Gasteiger charge is -1.99. The van der Waals surface area contributed by atoms with Gasteiger partial charge in [-0.05, 0) is 70.6 Å². The fraction of sp³-hybridized carbons (Fsp3) is 0. The van der Waals surface area contributed by atoms with Crippen LogP contribution in [0.25, 0.3) is 6.08 Å². The zero-order valence-corrected chi connectivity index (χ0v) is 14.7. The van der Waals surface area contributed by atoms with Crippen molar-refractivity contribution in [1.82, 2.24) is 0 Å². The Labute approximate surface area is 150 Å².